The monoisotopic (exact) mass is 340 g/mol. The Morgan fingerprint density at radius 3 is 2.43 bits per heavy atom. The summed E-state index contributed by atoms with van der Waals surface area (Å²) in [6.45, 7) is 5.73. The van der Waals surface area contributed by atoms with Crippen molar-refractivity contribution in [2.75, 3.05) is 25.9 Å². The topological polar surface area (TPSA) is 57.7 Å². The minimum atomic E-state index is -3.33. The molecule has 1 aliphatic heterocycles. The van der Waals surface area contributed by atoms with Crippen LogP contribution in [-0.4, -0.2) is 49.4 Å². The Bertz CT molecular complexity index is 603. The van der Waals surface area contributed by atoms with Crippen molar-refractivity contribution in [2.45, 2.75) is 46.0 Å². The van der Waals surface area contributed by atoms with E-state index in [9.17, 15) is 13.2 Å². The third-order valence-corrected chi connectivity index (χ3v) is 5.71. The van der Waals surface area contributed by atoms with Gasteiger partial charge in [0, 0.05) is 26.1 Å². The zero-order valence-corrected chi connectivity index (χ0v) is 15.2. The van der Waals surface area contributed by atoms with Crippen LogP contribution in [0.2, 0.25) is 0 Å². The summed E-state index contributed by atoms with van der Waals surface area (Å²) in [5.41, 5.74) is 1.94. The summed E-state index contributed by atoms with van der Waals surface area (Å²) in [5.74, 6) is 0.685. The summed E-state index contributed by atoms with van der Waals surface area (Å²) in [4.78, 5) is 13.5. The van der Waals surface area contributed by atoms with Gasteiger partial charge in [0.2, 0.25) is 15.9 Å². The Balaban J connectivity index is 2.06. The highest BCUT2D eigenvalue weighted by Crippen LogP contribution is 2.41. The highest BCUT2D eigenvalue weighted by molar-refractivity contribution is 7.88. The average molecular weight is 340 g/mol. The molecule has 1 heterocycles. The van der Waals surface area contributed by atoms with Crippen LogP contribution in [0.15, 0.2) is 23.4 Å². The molecule has 2 aliphatic rings. The third kappa shape index (κ3) is 4.59. The quantitative estimate of drug-likeness (QED) is 0.638. The van der Waals surface area contributed by atoms with Crippen molar-refractivity contribution >= 4 is 15.9 Å². The van der Waals surface area contributed by atoms with Gasteiger partial charge in [-0.3, -0.25) is 9.10 Å². The van der Waals surface area contributed by atoms with Gasteiger partial charge in [-0.15, -0.1) is 0 Å². The fourth-order valence-corrected chi connectivity index (χ4v) is 4.28. The van der Waals surface area contributed by atoms with Gasteiger partial charge in [0.05, 0.1) is 12.0 Å². The number of sulfonamides is 1. The number of allylic oxidation sites excluding steroid dienone is 3. The molecule has 1 saturated carbocycles. The van der Waals surface area contributed by atoms with Crippen molar-refractivity contribution in [1.82, 2.24) is 9.21 Å². The molecule has 23 heavy (non-hydrogen) atoms. The second-order valence-corrected chi connectivity index (χ2v) is 8.27. The number of rotatable bonds is 8. The van der Waals surface area contributed by atoms with E-state index in [2.05, 4.69) is 0 Å². The number of nitrogens with zero attached hydrogens (tertiary/aromatic N) is 2. The maximum atomic E-state index is 12.3. The van der Waals surface area contributed by atoms with Crippen LogP contribution in [0.25, 0.3) is 0 Å². The molecule has 0 aromatic rings. The Labute approximate surface area is 140 Å². The van der Waals surface area contributed by atoms with Gasteiger partial charge in [0.15, 0.2) is 0 Å². The van der Waals surface area contributed by atoms with E-state index in [1.54, 1.807) is 0 Å². The van der Waals surface area contributed by atoms with Gasteiger partial charge in [0.1, 0.15) is 0 Å². The van der Waals surface area contributed by atoms with Gasteiger partial charge < -0.3 is 4.90 Å². The number of carbonyl (C=O) groups is 1. The lowest BCUT2D eigenvalue weighted by molar-refractivity contribution is -0.127. The molecule has 1 aliphatic carbocycles. The van der Waals surface area contributed by atoms with E-state index in [-0.39, 0.29) is 5.91 Å². The fourth-order valence-electron chi connectivity index (χ4n) is 3.25. The van der Waals surface area contributed by atoms with E-state index in [0.29, 0.717) is 31.8 Å². The fraction of sp³-hybridized carbons (Fsp3) is 0.706. The maximum Gasteiger partial charge on any atom is 0.232 e. The van der Waals surface area contributed by atoms with Crippen molar-refractivity contribution < 1.29 is 13.2 Å². The minimum absolute atomic E-state index is 0.189. The molecular formula is C17H28N2O3S. The van der Waals surface area contributed by atoms with Crippen LogP contribution in [0.5, 0.6) is 0 Å². The van der Waals surface area contributed by atoms with Gasteiger partial charge in [-0.05, 0) is 51.0 Å². The van der Waals surface area contributed by atoms with Gasteiger partial charge in [-0.25, -0.2) is 8.42 Å². The van der Waals surface area contributed by atoms with Gasteiger partial charge in [0.25, 0.3) is 0 Å². The molecule has 1 saturated heterocycles. The normalized spacial score (nSPS) is 20.3. The molecule has 1 amide bonds. The summed E-state index contributed by atoms with van der Waals surface area (Å²) in [6, 6.07) is 0. The largest absolute Gasteiger partial charge is 0.343 e. The van der Waals surface area contributed by atoms with Crippen LogP contribution in [0, 0.1) is 5.92 Å². The first-order chi connectivity index (χ1) is 10.9. The SMILES string of the molecule is CC=C(C(=CC)N(CCCN1CCCC1=O)S(C)(=O)=O)C1CC1. The van der Waals surface area contributed by atoms with Crippen molar-refractivity contribution in [3.8, 4) is 0 Å². The van der Waals surface area contributed by atoms with E-state index < -0.39 is 10.0 Å². The van der Waals surface area contributed by atoms with Gasteiger partial charge in [-0.1, -0.05) is 12.2 Å². The molecule has 0 aromatic carbocycles. The van der Waals surface area contributed by atoms with E-state index in [4.69, 9.17) is 0 Å². The Morgan fingerprint density at radius 2 is 2.00 bits per heavy atom. The summed E-state index contributed by atoms with van der Waals surface area (Å²) >= 11 is 0. The number of hydrogen-bond acceptors (Lipinski definition) is 3. The summed E-state index contributed by atoms with van der Waals surface area (Å²) in [5, 5.41) is 0. The molecule has 0 unspecified atom stereocenters. The number of amides is 1. The maximum absolute atomic E-state index is 12.3. The minimum Gasteiger partial charge on any atom is -0.343 e. The Morgan fingerprint density at radius 1 is 1.30 bits per heavy atom. The molecule has 0 atom stereocenters. The first-order valence-electron chi connectivity index (χ1n) is 8.46. The zero-order chi connectivity index (χ0) is 17.0. The Kier molecular flexibility index (Phi) is 5.89. The molecule has 0 aromatic heterocycles. The van der Waals surface area contributed by atoms with Crippen molar-refractivity contribution in [1.29, 1.82) is 0 Å². The molecule has 5 nitrogen and oxygen atoms in total. The lowest BCUT2D eigenvalue weighted by Crippen LogP contribution is -2.34. The second-order valence-electron chi connectivity index (χ2n) is 6.37. The molecule has 0 N–H and O–H groups in total. The lowest BCUT2D eigenvalue weighted by atomic mass is 10.1. The number of hydrogen-bond donors (Lipinski definition) is 0. The molecule has 2 fully saturated rings. The van der Waals surface area contributed by atoms with Crippen LogP contribution in [0.1, 0.15) is 46.0 Å². The van der Waals surface area contributed by atoms with Crippen LogP contribution in [-0.2, 0) is 14.8 Å². The summed E-state index contributed by atoms with van der Waals surface area (Å²) in [7, 11) is -3.33. The molecule has 0 spiro atoms. The summed E-state index contributed by atoms with van der Waals surface area (Å²) < 4.78 is 26.0. The molecule has 6 heteroatoms. The predicted molar refractivity (Wildman–Crippen MR) is 92.2 cm³/mol. The molecule has 130 valence electrons. The smallest absolute Gasteiger partial charge is 0.232 e. The zero-order valence-electron chi connectivity index (χ0n) is 14.4. The Hall–Kier alpha value is -1.30. The van der Waals surface area contributed by atoms with Crippen LogP contribution in [0.4, 0.5) is 0 Å². The average Bonchev–Trinajstić information content (AvgIpc) is 3.24. The van der Waals surface area contributed by atoms with Crippen molar-refractivity contribution in [3.05, 3.63) is 23.4 Å². The first kappa shape index (κ1) is 18.0. The van der Waals surface area contributed by atoms with Crippen LogP contribution >= 0.6 is 0 Å². The number of carbonyl (C=O) groups excluding carboxylic acids is 1. The molecule has 0 radical (unpaired) electrons. The highest BCUT2D eigenvalue weighted by Gasteiger charge is 2.32. The molecular weight excluding hydrogens is 312 g/mol. The van der Waals surface area contributed by atoms with Crippen molar-refractivity contribution in [2.24, 2.45) is 5.92 Å². The highest BCUT2D eigenvalue weighted by atomic mass is 32.2. The predicted octanol–water partition coefficient (Wildman–Crippen LogP) is 2.52. The first-order valence-corrected chi connectivity index (χ1v) is 10.3. The van der Waals surface area contributed by atoms with E-state index in [1.807, 2.05) is 30.9 Å². The second kappa shape index (κ2) is 7.51. The molecule has 0 bridgehead atoms. The van der Waals surface area contributed by atoms with E-state index in [1.165, 1.54) is 10.6 Å². The number of likely N-dealkylation sites (tertiary alicyclic amines) is 1. The van der Waals surface area contributed by atoms with Gasteiger partial charge in [-0.2, -0.15) is 0 Å². The van der Waals surface area contributed by atoms with Crippen molar-refractivity contribution in [3.63, 3.8) is 0 Å². The van der Waals surface area contributed by atoms with E-state index >= 15 is 0 Å². The standard InChI is InChI=1S/C17H28N2O3S/c1-4-15(14-9-10-14)16(5-2)19(23(3,21)22)13-7-12-18-11-6-8-17(18)20/h4-5,14H,6-13H2,1-3H3. The van der Waals surface area contributed by atoms with Crippen LogP contribution < -0.4 is 0 Å². The van der Waals surface area contributed by atoms with Gasteiger partial charge >= 0.3 is 0 Å². The third-order valence-electron chi connectivity index (χ3n) is 4.53. The molecule has 2 rings (SSSR count). The summed E-state index contributed by atoms with van der Waals surface area (Å²) in [6.07, 6.45) is 9.67. The lowest BCUT2D eigenvalue weighted by Gasteiger charge is -2.28. The van der Waals surface area contributed by atoms with Crippen LogP contribution in [0.3, 0.4) is 0 Å². The van der Waals surface area contributed by atoms with E-state index in [0.717, 1.165) is 37.1 Å².